The van der Waals surface area contributed by atoms with E-state index in [2.05, 4.69) is 39.3 Å². The Balaban J connectivity index is 0.000000143. The summed E-state index contributed by atoms with van der Waals surface area (Å²) in [5.74, 6) is 0.753. The van der Waals surface area contributed by atoms with Crippen LogP contribution in [0.3, 0.4) is 0 Å². The number of carbonyl (C=O) groups excluding carboxylic acids is 2. The third-order valence-electron chi connectivity index (χ3n) is 9.73. The Labute approximate surface area is 318 Å². The SMILES string of the molecule is NC1N=C(Cl)Nc2c1ncn2[C@H]1CC[C@@H](COS(N)(=O)=O)O1.NC1N=CNc2c1ncn2[C@H]1CC[C@@H](CO)C1.O=C1C=C([C@@H]2O[C@H](CO)C(O)C2O)C(=O)N1. The molecule has 1 aliphatic carbocycles. The number of imidazole rings is 2. The summed E-state index contributed by atoms with van der Waals surface area (Å²) in [6.45, 7) is -0.319. The van der Waals surface area contributed by atoms with E-state index >= 15 is 0 Å². The maximum atomic E-state index is 11.3. The number of nitrogens with one attached hydrogen (secondary N) is 3. The maximum Gasteiger partial charge on any atom is 0.333 e. The minimum Gasteiger partial charge on any atom is -0.396 e. The van der Waals surface area contributed by atoms with Crippen molar-refractivity contribution in [1.82, 2.24) is 24.4 Å². The van der Waals surface area contributed by atoms with Crippen molar-refractivity contribution in [2.45, 2.75) is 87.2 Å². The Bertz CT molecular complexity index is 1940. The average Bonchev–Trinajstić information content (AvgIpc) is 3.99. The van der Waals surface area contributed by atoms with Crippen LogP contribution >= 0.6 is 11.6 Å². The van der Waals surface area contributed by atoms with Gasteiger partial charge >= 0.3 is 10.3 Å². The third-order valence-corrected chi connectivity index (χ3v) is 10.4. The van der Waals surface area contributed by atoms with Crippen molar-refractivity contribution in [3.8, 4) is 0 Å². The molecule has 2 aromatic rings. The number of rotatable bonds is 8. The summed E-state index contributed by atoms with van der Waals surface area (Å²) in [4.78, 5) is 38.8. The van der Waals surface area contributed by atoms with Crippen molar-refractivity contribution >= 4 is 57.0 Å². The summed E-state index contributed by atoms with van der Waals surface area (Å²) < 4.78 is 40.9. The van der Waals surface area contributed by atoms with Crippen LogP contribution < -0.4 is 32.6 Å². The van der Waals surface area contributed by atoms with Crippen molar-refractivity contribution in [2.24, 2.45) is 32.5 Å². The van der Waals surface area contributed by atoms with E-state index in [1.54, 1.807) is 17.2 Å². The van der Waals surface area contributed by atoms with Gasteiger partial charge < -0.3 is 56.6 Å². The third kappa shape index (κ3) is 9.22. The molecule has 0 spiro atoms. The minimum absolute atomic E-state index is 0.0347. The van der Waals surface area contributed by atoms with Crippen LogP contribution in [-0.4, -0.2) is 122 Å². The highest BCUT2D eigenvalue weighted by atomic mass is 35.5. The summed E-state index contributed by atoms with van der Waals surface area (Å²) in [6.07, 6.45) is 4.17. The number of hydrogen-bond donors (Lipinski definition) is 10. The fourth-order valence-electron chi connectivity index (χ4n) is 6.97. The van der Waals surface area contributed by atoms with E-state index in [4.69, 9.17) is 42.8 Å². The fraction of sp³-hybridized carbons (Fsp3) is 0.600. The molecule has 7 heterocycles. The number of ether oxygens (including phenoxy) is 2. The predicted molar refractivity (Wildman–Crippen MR) is 192 cm³/mol. The molecule has 4 unspecified atom stereocenters. The summed E-state index contributed by atoms with van der Waals surface area (Å²) in [6, 6.07) is 0.412. The zero-order valence-electron chi connectivity index (χ0n) is 29.1. The number of aliphatic hydroxyl groups excluding tert-OH is 4. The van der Waals surface area contributed by atoms with Gasteiger partial charge in [-0.2, -0.15) is 8.42 Å². The van der Waals surface area contributed by atoms with Gasteiger partial charge in [-0.1, -0.05) is 0 Å². The van der Waals surface area contributed by atoms with Crippen LogP contribution in [0.15, 0.2) is 34.3 Å². The summed E-state index contributed by atoms with van der Waals surface area (Å²) in [5, 5.41) is 50.1. The Morgan fingerprint density at radius 3 is 2.31 bits per heavy atom. The van der Waals surface area contributed by atoms with Gasteiger partial charge in [-0.05, 0) is 49.6 Å². The van der Waals surface area contributed by atoms with E-state index in [1.165, 1.54) is 0 Å². The van der Waals surface area contributed by atoms with Crippen molar-refractivity contribution in [1.29, 1.82) is 0 Å². The van der Waals surface area contributed by atoms with E-state index in [-0.39, 0.29) is 42.6 Å². The first-order valence-electron chi connectivity index (χ1n) is 17.2. The number of carbonyl (C=O) groups is 2. The number of aromatic nitrogens is 4. The van der Waals surface area contributed by atoms with Gasteiger partial charge in [0.15, 0.2) is 5.29 Å². The number of imide groups is 1. The fourth-order valence-corrected chi connectivity index (χ4v) is 7.50. The van der Waals surface area contributed by atoms with Crippen molar-refractivity contribution in [2.75, 3.05) is 30.5 Å². The van der Waals surface area contributed by atoms with Crippen molar-refractivity contribution in [3.63, 3.8) is 0 Å². The van der Waals surface area contributed by atoms with Gasteiger partial charge in [0.2, 0.25) is 0 Å². The molecular weight excluding hydrogens is 772 g/mol. The topological polar surface area (TPSA) is 351 Å². The molecule has 25 heteroatoms. The van der Waals surface area contributed by atoms with Gasteiger partial charge in [-0.15, -0.1) is 0 Å². The second-order valence-electron chi connectivity index (χ2n) is 13.4. The van der Waals surface area contributed by atoms with Gasteiger partial charge in [-0.3, -0.25) is 28.6 Å². The lowest BCUT2D eigenvalue weighted by molar-refractivity contribution is -0.124. The van der Waals surface area contributed by atoms with Crippen LogP contribution in [0.1, 0.15) is 68.1 Å². The highest BCUT2D eigenvalue weighted by Crippen LogP contribution is 2.38. The van der Waals surface area contributed by atoms with Crippen LogP contribution in [0.2, 0.25) is 0 Å². The number of anilines is 2. The second kappa shape index (κ2) is 17.1. The Hall–Kier alpha value is -3.92. The standard InChI is InChI=1S/C11H17N5O.C10H15ClN6O4S.C9H11NO6/c12-10-9-11(14-5-13-10)16(6-15-9)8-2-1-7(3-8)4-17;11-10-15-8(12)7-9(16-10)17(4-14-7)6-2-1-5(21-6)3-20-22(13,18)19;11-2-4-6(13)7(14)8(16-4)3-1-5(12)10-9(3)15/h5-8,10,17H,1-4,12H2,(H,13,14);4-6,8H,1-3,12H2,(H,15,16)(H2,13,18,19);1,4,6-8,11,13-14H,2H2,(H,10,12,15)/t7-,8+,10?;5-,6+,8?;4-,6?,7?,8+/m101/s1. The molecule has 2 aromatic heterocycles. The first-order valence-corrected chi connectivity index (χ1v) is 19.1. The zero-order valence-corrected chi connectivity index (χ0v) is 30.7. The van der Waals surface area contributed by atoms with E-state index in [0.29, 0.717) is 36.3 Å². The number of halogens is 1. The minimum atomic E-state index is -3.97. The van der Waals surface area contributed by atoms with Crippen LogP contribution in [0.4, 0.5) is 11.6 Å². The van der Waals surface area contributed by atoms with Gasteiger partial charge in [0.1, 0.15) is 66.0 Å². The Kier molecular flexibility index (Phi) is 12.6. The lowest BCUT2D eigenvalue weighted by Crippen LogP contribution is -2.36. The number of amidine groups is 1. The monoisotopic (exact) mass is 814 g/mol. The van der Waals surface area contributed by atoms with Gasteiger partial charge in [0.25, 0.3) is 11.8 Å². The van der Waals surface area contributed by atoms with Gasteiger partial charge in [0.05, 0.1) is 43.9 Å². The van der Waals surface area contributed by atoms with Crippen LogP contribution in [0.25, 0.3) is 0 Å². The molecular formula is C30H43ClN12O11S. The molecule has 13 N–H and O–H groups in total. The predicted octanol–water partition coefficient (Wildman–Crippen LogP) is -2.56. The molecule has 6 aliphatic rings. The van der Waals surface area contributed by atoms with E-state index < -0.39 is 59.3 Å². The van der Waals surface area contributed by atoms with Gasteiger partial charge in [0, 0.05) is 18.7 Å². The zero-order chi connectivity index (χ0) is 39.6. The first-order chi connectivity index (χ1) is 26.2. The summed E-state index contributed by atoms with van der Waals surface area (Å²) in [5.41, 5.74) is 13.0. The molecule has 5 aliphatic heterocycles. The number of hydrogen-bond acceptors (Lipinski definition) is 19. The number of nitrogens with zero attached hydrogens (tertiary/aromatic N) is 6. The van der Waals surface area contributed by atoms with Crippen LogP contribution in [0, 0.1) is 5.92 Å². The molecule has 302 valence electrons. The molecule has 2 saturated heterocycles. The van der Waals surface area contributed by atoms with Crippen molar-refractivity contribution in [3.05, 3.63) is 35.7 Å². The molecule has 0 bridgehead atoms. The second-order valence-corrected chi connectivity index (χ2v) is 15.0. The molecule has 0 radical (unpaired) electrons. The molecule has 55 heavy (non-hydrogen) atoms. The lowest BCUT2D eigenvalue weighted by atomic mass is 10.0. The number of amides is 2. The van der Waals surface area contributed by atoms with E-state index in [1.807, 2.05) is 11.6 Å². The average molecular weight is 815 g/mol. The van der Waals surface area contributed by atoms with Gasteiger partial charge in [-0.25, -0.2) is 20.1 Å². The summed E-state index contributed by atoms with van der Waals surface area (Å²) >= 11 is 5.88. The normalized spacial score (nSPS) is 32.2. The molecule has 2 amide bonds. The van der Waals surface area contributed by atoms with Crippen LogP contribution in [0.5, 0.6) is 0 Å². The highest BCUT2D eigenvalue weighted by Gasteiger charge is 2.47. The maximum absolute atomic E-state index is 11.3. The number of aliphatic imine (C=N–C) groups is 2. The first kappa shape index (κ1) is 40.7. The molecule has 8 rings (SSSR count). The van der Waals surface area contributed by atoms with E-state index in [9.17, 15) is 33.3 Å². The highest BCUT2D eigenvalue weighted by molar-refractivity contribution is 7.84. The Morgan fingerprint density at radius 2 is 1.67 bits per heavy atom. The smallest absolute Gasteiger partial charge is 0.333 e. The molecule has 1 saturated carbocycles. The van der Waals surface area contributed by atoms with Crippen molar-refractivity contribution < 1.29 is 52.1 Å². The largest absolute Gasteiger partial charge is 0.396 e. The number of aliphatic hydroxyl groups is 4. The Morgan fingerprint density at radius 1 is 0.945 bits per heavy atom. The summed E-state index contributed by atoms with van der Waals surface area (Å²) in [7, 11) is -3.97. The lowest BCUT2D eigenvalue weighted by Gasteiger charge is -2.21. The molecule has 23 nitrogen and oxygen atoms in total. The quantitative estimate of drug-likeness (QED) is 0.0967. The molecule has 0 aromatic carbocycles. The number of nitrogens with two attached hydrogens (primary N) is 3. The van der Waals surface area contributed by atoms with Crippen LogP contribution in [-0.2, 0) is 33.6 Å². The molecule has 10 atom stereocenters. The molecule has 3 fully saturated rings. The number of fused-ring (bicyclic) bond motifs is 2. The van der Waals surface area contributed by atoms with E-state index in [0.717, 1.165) is 36.9 Å².